The normalized spacial score (nSPS) is 21.5. The zero-order chi connectivity index (χ0) is 22.1. The minimum Gasteiger partial charge on any atom is -0.445 e. The molecule has 0 radical (unpaired) electrons. The van der Waals surface area contributed by atoms with Gasteiger partial charge < -0.3 is 9.47 Å². The number of benzene rings is 2. The van der Waals surface area contributed by atoms with Crippen molar-refractivity contribution in [1.82, 2.24) is 4.90 Å². The summed E-state index contributed by atoms with van der Waals surface area (Å²) >= 11 is 0. The number of rotatable bonds is 8. The van der Waals surface area contributed by atoms with Gasteiger partial charge in [-0.25, -0.2) is 9.18 Å². The fourth-order valence-corrected chi connectivity index (χ4v) is 3.79. The van der Waals surface area contributed by atoms with E-state index in [0.29, 0.717) is 12.8 Å². The Kier molecular flexibility index (Phi) is 8.27. The van der Waals surface area contributed by atoms with E-state index >= 15 is 0 Å². The summed E-state index contributed by atoms with van der Waals surface area (Å²) in [6, 6.07) is 17.6. The Hall–Kier alpha value is -3.09. The highest BCUT2D eigenvalue weighted by Gasteiger charge is 2.38. The van der Waals surface area contributed by atoms with Crippen molar-refractivity contribution in [3.8, 4) is 0 Å². The molecule has 7 nitrogen and oxygen atoms in total. The van der Waals surface area contributed by atoms with Gasteiger partial charge in [0.1, 0.15) is 13.3 Å². The maximum atomic E-state index is 14.3. The van der Waals surface area contributed by atoms with Crippen LogP contribution in [-0.4, -0.2) is 42.0 Å². The average Bonchev–Trinajstić information content (AvgIpc) is 2.80. The maximum absolute atomic E-state index is 14.3. The van der Waals surface area contributed by atoms with Crippen LogP contribution in [0.3, 0.4) is 0 Å². The lowest BCUT2D eigenvalue weighted by Crippen LogP contribution is -2.52. The first-order chi connectivity index (χ1) is 15.1. The lowest BCUT2D eigenvalue weighted by atomic mass is 9.95. The summed E-state index contributed by atoms with van der Waals surface area (Å²) in [7, 11) is 0. The van der Waals surface area contributed by atoms with Gasteiger partial charge in [-0.3, -0.25) is 4.90 Å². The highest BCUT2D eigenvalue weighted by Crippen LogP contribution is 2.28. The number of carbonyl (C=O) groups excluding carboxylic acids is 1. The number of hydrogen-bond acceptors (Lipinski definition) is 4. The number of amides is 1. The Morgan fingerprint density at radius 1 is 1.19 bits per heavy atom. The van der Waals surface area contributed by atoms with E-state index in [1.54, 1.807) is 6.92 Å². The smallest absolute Gasteiger partial charge is 0.410 e. The molecule has 1 unspecified atom stereocenters. The SMILES string of the molecule is CC1O[C@H]([C@@H](CF)N(Cc2ccccc2)C(=O)OCc2ccccc2)CC[C@H]1N=[N+]=[N-]. The molecule has 4 atom stereocenters. The highest BCUT2D eigenvalue weighted by atomic mass is 19.1. The van der Waals surface area contributed by atoms with Gasteiger partial charge in [0.05, 0.1) is 24.3 Å². The lowest BCUT2D eigenvalue weighted by Gasteiger charge is -2.40. The van der Waals surface area contributed by atoms with Gasteiger partial charge in [-0.2, -0.15) is 0 Å². The van der Waals surface area contributed by atoms with Crippen LogP contribution in [0.1, 0.15) is 30.9 Å². The molecule has 0 saturated carbocycles. The molecule has 0 aromatic heterocycles. The molecule has 1 amide bonds. The monoisotopic (exact) mass is 426 g/mol. The van der Waals surface area contributed by atoms with Crippen LogP contribution in [0, 0.1) is 0 Å². The molecule has 0 N–H and O–H groups in total. The van der Waals surface area contributed by atoms with Crippen molar-refractivity contribution in [3.63, 3.8) is 0 Å². The Morgan fingerprint density at radius 3 is 2.42 bits per heavy atom. The molecule has 2 aromatic carbocycles. The molecule has 1 aliphatic heterocycles. The van der Waals surface area contributed by atoms with Crippen LogP contribution in [0.5, 0.6) is 0 Å². The summed E-state index contributed by atoms with van der Waals surface area (Å²) in [5.41, 5.74) is 10.4. The maximum Gasteiger partial charge on any atom is 0.410 e. The van der Waals surface area contributed by atoms with Crippen molar-refractivity contribution in [2.24, 2.45) is 5.11 Å². The van der Waals surface area contributed by atoms with E-state index in [2.05, 4.69) is 10.0 Å². The van der Waals surface area contributed by atoms with Crippen LogP contribution >= 0.6 is 0 Å². The first-order valence-corrected chi connectivity index (χ1v) is 10.4. The van der Waals surface area contributed by atoms with Gasteiger partial charge in [-0.05, 0) is 36.4 Å². The van der Waals surface area contributed by atoms with E-state index in [1.165, 1.54) is 4.90 Å². The molecule has 0 bridgehead atoms. The third-order valence-electron chi connectivity index (χ3n) is 5.50. The van der Waals surface area contributed by atoms with Gasteiger partial charge in [0.25, 0.3) is 0 Å². The van der Waals surface area contributed by atoms with Gasteiger partial charge in [0.2, 0.25) is 0 Å². The minimum absolute atomic E-state index is 0.102. The molecule has 3 rings (SSSR count). The molecular formula is C23H27FN4O3. The fraction of sp³-hybridized carbons (Fsp3) is 0.435. The number of hydrogen-bond donors (Lipinski definition) is 0. The molecule has 2 aromatic rings. The third kappa shape index (κ3) is 6.20. The fourth-order valence-electron chi connectivity index (χ4n) is 3.79. The zero-order valence-electron chi connectivity index (χ0n) is 17.5. The van der Waals surface area contributed by atoms with Crippen molar-refractivity contribution in [3.05, 3.63) is 82.2 Å². The summed E-state index contributed by atoms with van der Waals surface area (Å²) in [5, 5.41) is 3.75. The van der Waals surface area contributed by atoms with E-state index < -0.39 is 24.9 Å². The van der Waals surface area contributed by atoms with Crippen LogP contribution in [-0.2, 0) is 22.6 Å². The van der Waals surface area contributed by atoms with E-state index in [9.17, 15) is 9.18 Å². The summed E-state index contributed by atoms with van der Waals surface area (Å²) in [6.45, 7) is 1.34. The standard InChI is InChI=1S/C23H27FN4O3/c1-17-20(26-27-25)12-13-22(31-17)21(14-24)28(15-18-8-4-2-5-9-18)23(29)30-16-19-10-6-3-7-11-19/h2-11,17,20-22H,12-16H2,1H3/t17?,20-,21-,22+/m1/s1. The molecule has 1 aliphatic rings. The van der Waals surface area contributed by atoms with Gasteiger partial charge in [0, 0.05) is 11.5 Å². The van der Waals surface area contributed by atoms with Crippen molar-refractivity contribution in [2.75, 3.05) is 6.67 Å². The predicted octanol–water partition coefficient (Wildman–Crippen LogP) is 5.41. The van der Waals surface area contributed by atoms with Crippen LogP contribution in [0.15, 0.2) is 65.8 Å². The molecule has 1 heterocycles. The third-order valence-corrected chi connectivity index (χ3v) is 5.50. The van der Waals surface area contributed by atoms with E-state index in [0.717, 1.165) is 11.1 Å². The molecule has 1 saturated heterocycles. The number of carbonyl (C=O) groups is 1. The van der Waals surface area contributed by atoms with Crippen molar-refractivity contribution in [2.45, 2.75) is 57.2 Å². The van der Waals surface area contributed by atoms with E-state index in [1.807, 2.05) is 60.7 Å². The van der Waals surface area contributed by atoms with Crippen molar-refractivity contribution < 1.29 is 18.7 Å². The predicted molar refractivity (Wildman–Crippen MR) is 115 cm³/mol. The largest absolute Gasteiger partial charge is 0.445 e. The molecule has 1 fully saturated rings. The van der Waals surface area contributed by atoms with Crippen LogP contribution in [0.4, 0.5) is 9.18 Å². The second kappa shape index (κ2) is 11.3. The van der Waals surface area contributed by atoms with Crippen molar-refractivity contribution >= 4 is 6.09 Å². The summed E-state index contributed by atoms with van der Waals surface area (Å²) in [6.07, 6.45) is -0.408. The quantitative estimate of drug-likeness (QED) is 0.321. The van der Waals surface area contributed by atoms with Gasteiger partial charge >= 0.3 is 6.09 Å². The Bertz CT molecular complexity index is 877. The number of alkyl halides is 1. The summed E-state index contributed by atoms with van der Waals surface area (Å²) in [5.74, 6) is 0. The zero-order valence-corrected chi connectivity index (χ0v) is 17.5. The number of azide groups is 1. The first-order valence-electron chi connectivity index (χ1n) is 10.4. The lowest BCUT2D eigenvalue weighted by molar-refractivity contribution is -0.0929. The Morgan fingerprint density at radius 2 is 1.84 bits per heavy atom. The number of ether oxygens (including phenoxy) is 2. The Balaban J connectivity index is 1.76. The molecule has 0 aliphatic carbocycles. The topological polar surface area (TPSA) is 87.5 Å². The molecular weight excluding hydrogens is 399 g/mol. The highest BCUT2D eigenvalue weighted by molar-refractivity contribution is 5.68. The average molecular weight is 426 g/mol. The Labute approximate surface area is 181 Å². The molecule has 0 spiro atoms. The van der Waals surface area contributed by atoms with Crippen LogP contribution in [0.2, 0.25) is 0 Å². The molecule has 164 valence electrons. The summed E-state index contributed by atoms with van der Waals surface area (Å²) < 4.78 is 25.8. The van der Waals surface area contributed by atoms with Gasteiger partial charge in [-0.1, -0.05) is 65.8 Å². The van der Waals surface area contributed by atoms with Gasteiger partial charge in [0.15, 0.2) is 0 Å². The summed E-state index contributed by atoms with van der Waals surface area (Å²) in [4.78, 5) is 17.3. The second-order valence-electron chi connectivity index (χ2n) is 7.60. The van der Waals surface area contributed by atoms with E-state index in [4.69, 9.17) is 15.0 Å². The second-order valence-corrected chi connectivity index (χ2v) is 7.60. The van der Waals surface area contributed by atoms with Crippen LogP contribution in [0.25, 0.3) is 10.4 Å². The number of nitrogens with zero attached hydrogens (tertiary/aromatic N) is 4. The van der Waals surface area contributed by atoms with Gasteiger partial charge in [-0.15, -0.1) is 0 Å². The van der Waals surface area contributed by atoms with Crippen molar-refractivity contribution in [1.29, 1.82) is 0 Å². The first kappa shape index (κ1) is 22.6. The number of halogens is 1. The molecule has 31 heavy (non-hydrogen) atoms. The van der Waals surface area contributed by atoms with Crippen LogP contribution < -0.4 is 0 Å². The molecule has 8 heteroatoms. The minimum atomic E-state index is -0.807. The van der Waals surface area contributed by atoms with E-state index in [-0.39, 0.29) is 25.3 Å².